The molecule has 2 N–H and O–H groups in total. The van der Waals surface area contributed by atoms with Gasteiger partial charge in [0.15, 0.2) is 11.0 Å². The van der Waals surface area contributed by atoms with Crippen LogP contribution in [-0.2, 0) is 23.8 Å². The Hall–Kier alpha value is -1.96. The average Bonchev–Trinajstić information content (AvgIpc) is 2.95. The molecule has 2 aromatic heterocycles. The van der Waals surface area contributed by atoms with Crippen LogP contribution in [-0.4, -0.2) is 30.8 Å². The number of aryl methyl sites for hydroxylation is 1. The quantitative estimate of drug-likeness (QED) is 0.856. The molecule has 8 heteroatoms. The summed E-state index contributed by atoms with van der Waals surface area (Å²) in [6.07, 6.45) is 1.62. The van der Waals surface area contributed by atoms with Gasteiger partial charge < -0.3 is 10.4 Å². The number of hydrogen-bond acceptors (Lipinski definition) is 6. The second-order valence-electron chi connectivity index (χ2n) is 4.66. The number of hydrogen-bond donors (Lipinski definition) is 2. The second kappa shape index (κ2) is 4.96. The molecule has 0 aliphatic carbocycles. The fourth-order valence-electron chi connectivity index (χ4n) is 1.37. The highest BCUT2D eigenvalue weighted by Gasteiger charge is 2.32. The van der Waals surface area contributed by atoms with Gasteiger partial charge in [-0.3, -0.25) is 9.48 Å². The van der Waals surface area contributed by atoms with E-state index in [9.17, 15) is 4.79 Å². The molecule has 0 saturated carbocycles. The van der Waals surface area contributed by atoms with Crippen LogP contribution >= 0.6 is 11.3 Å². The van der Waals surface area contributed by atoms with Crippen LogP contribution in [0.3, 0.4) is 0 Å². The minimum Gasteiger partial charge on any atom is -0.481 e. The van der Waals surface area contributed by atoms with E-state index < -0.39 is 11.4 Å². The Morgan fingerprint density at radius 1 is 1.58 bits per heavy atom. The van der Waals surface area contributed by atoms with E-state index in [1.165, 1.54) is 11.3 Å². The molecule has 0 aliphatic rings. The molecule has 0 saturated heterocycles. The molecule has 0 aliphatic heterocycles. The van der Waals surface area contributed by atoms with E-state index in [1.54, 1.807) is 37.3 Å². The predicted octanol–water partition coefficient (Wildman–Crippen LogP) is 1.25. The van der Waals surface area contributed by atoms with Gasteiger partial charge in [-0.25, -0.2) is 9.97 Å². The molecule has 2 rings (SSSR count). The summed E-state index contributed by atoms with van der Waals surface area (Å²) in [4.78, 5) is 19.5. The Morgan fingerprint density at radius 2 is 2.32 bits per heavy atom. The zero-order chi connectivity index (χ0) is 14.0. The fraction of sp³-hybridized carbons (Fsp3) is 0.455. The van der Waals surface area contributed by atoms with Gasteiger partial charge in [0.2, 0.25) is 0 Å². The van der Waals surface area contributed by atoms with E-state index in [-0.39, 0.29) is 0 Å². The third-order valence-electron chi connectivity index (χ3n) is 2.72. The Kier molecular flexibility index (Phi) is 3.52. The standard InChI is InChI=1S/C11H15N5O2S/c1-11(2,9(17)18)7-5-19-10(14-7)12-4-8-13-6-16(3)15-8/h5-6H,4H2,1-3H3,(H,12,14)(H,17,18). The summed E-state index contributed by atoms with van der Waals surface area (Å²) in [5, 5.41) is 18.8. The van der Waals surface area contributed by atoms with Gasteiger partial charge in [-0.05, 0) is 13.8 Å². The lowest BCUT2D eigenvalue weighted by atomic mass is 9.90. The van der Waals surface area contributed by atoms with Crippen molar-refractivity contribution < 1.29 is 9.90 Å². The van der Waals surface area contributed by atoms with Gasteiger partial charge in [-0.1, -0.05) is 0 Å². The van der Waals surface area contributed by atoms with Crippen molar-refractivity contribution in [3.05, 3.63) is 23.2 Å². The van der Waals surface area contributed by atoms with E-state index in [2.05, 4.69) is 20.4 Å². The van der Waals surface area contributed by atoms with Crippen LogP contribution in [0, 0.1) is 0 Å². The smallest absolute Gasteiger partial charge is 0.315 e. The molecule has 0 amide bonds. The summed E-state index contributed by atoms with van der Waals surface area (Å²) in [5.41, 5.74) is -0.443. The number of nitrogens with one attached hydrogen (secondary N) is 1. The second-order valence-corrected chi connectivity index (χ2v) is 5.51. The van der Waals surface area contributed by atoms with E-state index in [1.807, 2.05) is 0 Å². The normalized spacial score (nSPS) is 11.5. The number of nitrogens with zero attached hydrogens (tertiary/aromatic N) is 4. The molecule has 2 aromatic rings. The van der Waals surface area contributed by atoms with E-state index in [0.29, 0.717) is 23.2 Å². The predicted molar refractivity (Wildman–Crippen MR) is 71.1 cm³/mol. The molecule has 0 fully saturated rings. The van der Waals surface area contributed by atoms with E-state index in [0.717, 1.165) is 0 Å². The van der Waals surface area contributed by atoms with Crippen molar-refractivity contribution >= 4 is 22.4 Å². The minimum absolute atomic E-state index is 0.460. The van der Waals surface area contributed by atoms with Crippen molar-refractivity contribution in [1.82, 2.24) is 19.7 Å². The van der Waals surface area contributed by atoms with Gasteiger partial charge in [0, 0.05) is 12.4 Å². The summed E-state index contributed by atoms with van der Waals surface area (Å²) in [5.74, 6) is -0.229. The van der Waals surface area contributed by atoms with Crippen LogP contribution in [0.4, 0.5) is 5.13 Å². The molecular formula is C11H15N5O2S. The molecule has 0 radical (unpaired) electrons. The largest absolute Gasteiger partial charge is 0.481 e. The number of carboxylic acids is 1. The van der Waals surface area contributed by atoms with Crippen LogP contribution in [0.2, 0.25) is 0 Å². The first-order valence-electron chi connectivity index (χ1n) is 5.67. The first kappa shape index (κ1) is 13.5. The summed E-state index contributed by atoms with van der Waals surface area (Å²) in [7, 11) is 1.80. The van der Waals surface area contributed by atoms with Gasteiger partial charge in [0.05, 0.1) is 12.2 Å². The van der Waals surface area contributed by atoms with E-state index >= 15 is 0 Å². The lowest BCUT2D eigenvalue weighted by Gasteiger charge is -2.15. The monoisotopic (exact) mass is 281 g/mol. The Bertz CT molecular complexity index is 589. The topological polar surface area (TPSA) is 92.9 Å². The number of thiazole rings is 1. The van der Waals surface area contributed by atoms with Gasteiger partial charge in [0.1, 0.15) is 11.7 Å². The minimum atomic E-state index is -0.986. The highest BCUT2D eigenvalue weighted by atomic mass is 32.1. The molecule has 7 nitrogen and oxygen atoms in total. The third-order valence-corrected chi connectivity index (χ3v) is 3.52. The number of carboxylic acid groups (broad SMARTS) is 1. The molecule has 0 atom stereocenters. The van der Waals surface area contributed by atoms with Crippen LogP contribution in [0.5, 0.6) is 0 Å². The number of anilines is 1. The maximum absolute atomic E-state index is 11.1. The lowest BCUT2D eigenvalue weighted by Crippen LogP contribution is -2.28. The SMILES string of the molecule is Cn1cnc(CNc2nc(C(C)(C)C(=O)O)cs2)n1. The Morgan fingerprint density at radius 3 is 2.89 bits per heavy atom. The van der Waals surface area contributed by atoms with Gasteiger partial charge >= 0.3 is 5.97 Å². The number of aliphatic carboxylic acids is 1. The van der Waals surface area contributed by atoms with Crippen molar-refractivity contribution in [2.75, 3.05) is 5.32 Å². The highest BCUT2D eigenvalue weighted by Crippen LogP contribution is 2.27. The number of carbonyl (C=O) groups is 1. The highest BCUT2D eigenvalue weighted by molar-refractivity contribution is 7.13. The van der Waals surface area contributed by atoms with Crippen LogP contribution in [0.25, 0.3) is 0 Å². The zero-order valence-electron chi connectivity index (χ0n) is 10.9. The number of aromatic nitrogens is 4. The Labute approximate surface area is 114 Å². The van der Waals surface area contributed by atoms with Gasteiger partial charge in [-0.15, -0.1) is 11.3 Å². The molecule has 0 spiro atoms. The third kappa shape index (κ3) is 2.90. The summed E-state index contributed by atoms with van der Waals surface area (Å²) < 4.78 is 1.62. The number of rotatable bonds is 5. The summed E-state index contributed by atoms with van der Waals surface area (Å²) in [6, 6.07) is 0. The van der Waals surface area contributed by atoms with Gasteiger partial charge in [-0.2, -0.15) is 5.10 Å². The van der Waals surface area contributed by atoms with Crippen LogP contribution in [0.15, 0.2) is 11.7 Å². The van der Waals surface area contributed by atoms with Crippen molar-refractivity contribution in [2.45, 2.75) is 25.8 Å². The van der Waals surface area contributed by atoms with Crippen LogP contribution in [0.1, 0.15) is 25.4 Å². The first-order chi connectivity index (χ1) is 8.89. The maximum atomic E-state index is 11.1. The molecule has 19 heavy (non-hydrogen) atoms. The molecular weight excluding hydrogens is 266 g/mol. The zero-order valence-corrected chi connectivity index (χ0v) is 11.7. The van der Waals surface area contributed by atoms with E-state index in [4.69, 9.17) is 5.11 Å². The van der Waals surface area contributed by atoms with Crippen molar-refractivity contribution in [1.29, 1.82) is 0 Å². The molecule has 0 unspecified atom stereocenters. The Balaban J connectivity index is 2.03. The molecule has 0 bridgehead atoms. The molecule has 2 heterocycles. The van der Waals surface area contributed by atoms with Crippen molar-refractivity contribution in [3.8, 4) is 0 Å². The van der Waals surface area contributed by atoms with Crippen LogP contribution < -0.4 is 5.32 Å². The lowest BCUT2D eigenvalue weighted by molar-refractivity contribution is -0.142. The average molecular weight is 281 g/mol. The maximum Gasteiger partial charge on any atom is 0.315 e. The summed E-state index contributed by atoms with van der Waals surface area (Å²) in [6.45, 7) is 3.73. The molecule has 102 valence electrons. The fourth-order valence-corrected chi connectivity index (χ4v) is 2.25. The van der Waals surface area contributed by atoms with Gasteiger partial charge in [0.25, 0.3) is 0 Å². The van der Waals surface area contributed by atoms with Crippen molar-refractivity contribution in [3.63, 3.8) is 0 Å². The molecule has 0 aromatic carbocycles. The van der Waals surface area contributed by atoms with Crippen molar-refractivity contribution in [2.24, 2.45) is 7.05 Å². The first-order valence-corrected chi connectivity index (χ1v) is 6.55. The summed E-state index contributed by atoms with van der Waals surface area (Å²) >= 11 is 1.37.